The van der Waals surface area contributed by atoms with Crippen LogP contribution in [-0.4, -0.2) is 25.2 Å². The average molecular weight is 280 g/mol. The van der Waals surface area contributed by atoms with Crippen molar-refractivity contribution in [3.05, 3.63) is 41.5 Å². The maximum Gasteiger partial charge on any atom is 0.237 e. The number of nitrogen functional groups attached to an aromatic ring is 1. The smallest absolute Gasteiger partial charge is 0.237 e. The fourth-order valence-corrected chi connectivity index (χ4v) is 1.85. The van der Waals surface area contributed by atoms with Crippen molar-refractivity contribution in [1.82, 2.24) is 10.5 Å². The lowest BCUT2D eigenvalue weighted by atomic mass is 10.1. The third-order valence-electron chi connectivity index (χ3n) is 3.02. The summed E-state index contributed by atoms with van der Waals surface area (Å²) in [5, 5.41) is 5.73. The lowest BCUT2D eigenvalue weighted by molar-refractivity contribution is 0.0973. The summed E-state index contributed by atoms with van der Waals surface area (Å²) in [7, 11) is 3.03. The van der Waals surface area contributed by atoms with Gasteiger partial charge in [-0.15, -0.1) is 5.10 Å². The molecule has 108 valence electrons. The van der Waals surface area contributed by atoms with Crippen LogP contribution in [0.15, 0.2) is 35.3 Å². The highest BCUT2D eigenvalue weighted by Gasteiger charge is 2.23. The first-order valence-electron chi connectivity index (χ1n) is 6.05. The third-order valence-corrected chi connectivity index (χ3v) is 3.02. The number of hydrogen-bond acceptors (Lipinski definition) is 6. The molecule has 2 rings (SSSR count). The zero-order valence-electron chi connectivity index (χ0n) is 11.6. The topological polar surface area (TPSA) is 72.1 Å². The number of hydrazone groups is 1. The quantitative estimate of drug-likeness (QED) is 0.825. The van der Waals surface area contributed by atoms with E-state index in [4.69, 9.17) is 15.2 Å². The molecular weight excluding hydrogens is 263 g/mol. The van der Waals surface area contributed by atoms with E-state index in [1.165, 1.54) is 25.4 Å². The van der Waals surface area contributed by atoms with Crippen molar-refractivity contribution in [3.63, 3.8) is 0 Å². The molecule has 1 aliphatic rings. The lowest BCUT2D eigenvalue weighted by Gasteiger charge is -2.31. The summed E-state index contributed by atoms with van der Waals surface area (Å²) in [6.07, 6.45) is 1.61. The van der Waals surface area contributed by atoms with Crippen LogP contribution < -0.4 is 11.2 Å². The molecule has 1 unspecified atom stereocenters. The second-order valence-electron chi connectivity index (χ2n) is 4.23. The molecule has 1 atom stereocenters. The number of anilines is 1. The van der Waals surface area contributed by atoms with Crippen LogP contribution in [-0.2, 0) is 9.47 Å². The van der Waals surface area contributed by atoms with Crippen LogP contribution in [0.1, 0.15) is 18.5 Å². The molecule has 7 heteroatoms. The van der Waals surface area contributed by atoms with Crippen molar-refractivity contribution in [1.29, 1.82) is 0 Å². The standard InChI is InChI=1S/C13H17FN4O2/c1-8(9-5-4-6-10(14)13(9)15)18-16-11(19-2)7-12(17-18)20-3/h4-8,16H,15H2,1-3H3. The fraction of sp³-hybridized carbons (Fsp3) is 0.308. The molecule has 1 aromatic carbocycles. The minimum atomic E-state index is -0.454. The Balaban J connectivity index is 2.29. The fourth-order valence-electron chi connectivity index (χ4n) is 1.85. The molecule has 0 aliphatic carbocycles. The van der Waals surface area contributed by atoms with Crippen LogP contribution in [0.25, 0.3) is 0 Å². The van der Waals surface area contributed by atoms with E-state index < -0.39 is 5.82 Å². The molecule has 0 spiro atoms. The van der Waals surface area contributed by atoms with E-state index >= 15 is 0 Å². The summed E-state index contributed by atoms with van der Waals surface area (Å²) >= 11 is 0. The first-order chi connectivity index (χ1) is 9.56. The monoisotopic (exact) mass is 280 g/mol. The van der Waals surface area contributed by atoms with Crippen LogP contribution >= 0.6 is 0 Å². The molecule has 6 nitrogen and oxygen atoms in total. The second-order valence-corrected chi connectivity index (χ2v) is 4.23. The van der Waals surface area contributed by atoms with Gasteiger partial charge >= 0.3 is 0 Å². The van der Waals surface area contributed by atoms with Crippen molar-refractivity contribution in [2.45, 2.75) is 13.0 Å². The van der Waals surface area contributed by atoms with Gasteiger partial charge in [-0.05, 0) is 13.0 Å². The van der Waals surface area contributed by atoms with E-state index in [1.807, 2.05) is 6.92 Å². The van der Waals surface area contributed by atoms with E-state index in [0.29, 0.717) is 17.3 Å². The highest BCUT2D eigenvalue weighted by Crippen LogP contribution is 2.27. The largest absolute Gasteiger partial charge is 0.481 e. The number of halogens is 1. The Bertz CT molecular complexity index is 559. The first-order valence-corrected chi connectivity index (χ1v) is 6.05. The summed E-state index contributed by atoms with van der Waals surface area (Å²) in [6.45, 7) is 1.84. The Labute approximate surface area is 116 Å². The predicted octanol–water partition coefficient (Wildman–Crippen LogP) is 1.74. The zero-order chi connectivity index (χ0) is 14.7. The Kier molecular flexibility index (Phi) is 3.97. The van der Waals surface area contributed by atoms with Crippen LogP contribution in [0.3, 0.4) is 0 Å². The van der Waals surface area contributed by atoms with Gasteiger partial charge < -0.3 is 15.2 Å². The maximum atomic E-state index is 13.5. The molecule has 0 saturated heterocycles. The van der Waals surface area contributed by atoms with Gasteiger partial charge in [0.05, 0.1) is 32.0 Å². The van der Waals surface area contributed by atoms with E-state index in [0.717, 1.165) is 0 Å². The van der Waals surface area contributed by atoms with Crippen LogP contribution in [0.4, 0.5) is 10.1 Å². The van der Waals surface area contributed by atoms with Crippen molar-refractivity contribution in [3.8, 4) is 0 Å². The van der Waals surface area contributed by atoms with Gasteiger partial charge in [0.1, 0.15) is 5.82 Å². The SMILES string of the molecule is COC1=CC(OC)=NN(C(C)c2cccc(F)c2N)N1. The van der Waals surface area contributed by atoms with Crippen molar-refractivity contribution in [2.24, 2.45) is 5.10 Å². The number of nitrogens with zero attached hydrogens (tertiary/aromatic N) is 2. The van der Waals surface area contributed by atoms with Crippen molar-refractivity contribution < 1.29 is 13.9 Å². The highest BCUT2D eigenvalue weighted by molar-refractivity contribution is 5.88. The van der Waals surface area contributed by atoms with Crippen molar-refractivity contribution in [2.75, 3.05) is 20.0 Å². The van der Waals surface area contributed by atoms with Gasteiger partial charge in [-0.1, -0.05) is 12.1 Å². The van der Waals surface area contributed by atoms with E-state index in [9.17, 15) is 4.39 Å². The molecule has 0 aromatic heterocycles. The zero-order valence-corrected chi connectivity index (χ0v) is 11.6. The summed E-state index contributed by atoms with van der Waals surface area (Å²) < 4.78 is 23.8. The third kappa shape index (κ3) is 2.61. The molecule has 1 aliphatic heterocycles. The van der Waals surface area contributed by atoms with E-state index in [-0.39, 0.29) is 11.7 Å². The molecule has 0 fully saturated rings. The summed E-state index contributed by atoms with van der Waals surface area (Å²) in [5.41, 5.74) is 9.43. The Morgan fingerprint density at radius 3 is 2.75 bits per heavy atom. The number of nitrogens with one attached hydrogen (secondary N) is 1. The molecule has 1 heterocycles. The minimum absolute atomic E-state index is 0.101. The predicted molar refractivity (Wildman–Crippen MR) is 73.7 cm³/mol. The van der Waals surface area contributed by atoms with Crippen molar-refractivity contribution >= 4 is 11.6 Å². The number of rotatable bonds is 3. The molecule has 3 N–H and O–H groups in total. The summed E-state index contributed by atoms with van der Waals surface area (Å²) in [6, 6.07) is 4.36. The maximum absolute atomic E-state index is 13.5. The van der Waals surface area contributed by atoms with Crippen LogP contribution in [0.5, 0.6) is 0 Å². The molecule has 0 saturated carbocycles. The Hall–Kier alpha value is -2.44. The summed E-state index contributed by atoms with van der Waals surface area (Å²) in [4.78, 5) is 0. The first kappa shape index (κ1) is 14.0. The van der Waals surface area contributed by atoms with Gasteiger partial charge in [-0.25, -0.2) is 4.39 Å². The van der Waals surface area contributed by atoms with Gasteiger partial charge in [-0.2, -0.15) is 5.12 Å². The minimum Gasteiger partial charge on any atom is -0.481 e. The molecular formula is C13H17FN4O2. The molecule has 0 radical (unpaired) electrons. The lowest BCUT2D eigenvalue weighted by Crippen LogP contribution is -2.40. The van der Waals surface area contributed by atoms with Gasteiger partial charge in [-0.3, -0.25) is 5.43 Å². The molecule has 1 aromatic rings. The molecule has 0 amide bonds. The van der Waals surface area contributed by atoms with Gasteiger partial charge in [0.25, 0.3) is 0 Å². The number of benzene rings is 1. The number of methoxy groups -OCH3 is 2. The number of hydrogen-bond donors (Lipinski definition) is 2. The Morgan fingerprint density at radius 2 is 2.10 bits per heavy atom. The molecule has 0 bridgehead atoms. The number of ether oxygens (including phenoxy) is 2. The van der Waals surface area contributed by atoms with Gasteiger partial charge in [0.2, 0.25) is 11.8 Å². The van der Waals surface area contributed by atoms with E-state index in [2.05, 4.69) is 10.5 Å². The average Bonchev–Trinajstić information content (AvgIpc) is 2.48. The summed E-state index contributed by atoms with van der Waals surface area (Å²) in [5.74, 6) is 0.394. The number of hydrazine groups is 1. The Morgan fingerprint density at radius 1 is 1.35 bits per heavy atom. The van der Waals surface area contributed by atoms with Gasteiger partial charge in [0, 0.05) is 5.56 Å². The second kappa shape index (κ2) is 5.68. The molecule has 20 heavy (non-hydrogen) atoms. The normalized spacial score (nSPS) is 15.9. The van der Waals surface area contributed by atoms with Gasteiger partial charge in [0.15, 0.2) is 0 Å². The highest BCUT2D eigenvalue weighted by atomic mass is 19.1. The number of para-hydroxylation sites is 1. The van der Waals surface area contributed by atoms with E-state index in [1.54, 1.807) is 18.2 Å². The van der Waals surface area contributed by atoms with Crippen LogP contribution in [0, 0.1) is 5.82 Å². The van der Waals surface area contributed by atoms with Crippen LogP contribution in [0.2, 0.25) is 0 Å². The number of nitrogens with two attached hydrogens (primary N) is 1.